The summed E-state index contributed by atoms with van der Waals surface area (Å²) in [6.45, 7) is 6.05. The van der Waals surface area contributed by atoms with Crippen LogP contribution in [0.15, 0.2) is 24.3 Å². The molecule has 1 aromatic carbocycles. The standard InChI is InChI=1S/C15H21NO/c1-12-6-3-4-7-13(12)10-14(17)15(2)8-5-9-16-11-15/h3-4,6-7,16H,5,8-11H2,1-2H3. The van der Waals surface area contributed by atoms with Gasteiger partial charge < -0.3 is 5.32 Å². The molecule has 2 rings (SSSR count). The maximum absolute atomic E-state index is 12.4. The molecule has 0 amide bonds. The molecule has 1 unspecified atom stereocenters. The predicted molar refractivity (Wildman–Crippen MR) is 70.1 cm³/mol. The van der Waals surface area contributed by atoms with Crippen LogP contribution in [-0.2, 0) is 11.2 Å². The van der Waals surface area contributed by atoms with Gasteiger partial charge in [0, 0.05) is 18.4 Å². The van der Waals surface area contributed by atoms with E-state index in [0.29, 0.717) is 12.2 Å². The predicted octanol–water partition coefficient (Wildman–Crippen LogP) is 2.50. The fourth-order valence-corrected chi connectivity index (χ4v) is 2.49. The average Bonchev–Trinajstić information content (AvgIpc) is 2.33. The van der Waals surface area contributed by atoms with Gasteiger partial charge in [-0.05, 0) is 37.4 Å². The summed E-state index contributed by atoms with van der Waals surface area (Å²) in [7, 11) is 0. The lowest BCUT2D eigenvalue weighted by Crippen LogP contribution is -2.44. The summed E-state index contributed by atoms with van der Waals surface area (Å²) in [6.07, 6.45) is 2.70. The van der Waals surface area contributed by atoms with Gasteiger partial charge in [-0.25, -0.2) is 0 Å². The molecular formula is C15H21NO. The fourth-order valence-electron chi connectivity index (χ4n) is 2.49. The number of carbonyl (C=O) groups excluding carboxylic acids is 1. The molecule has 0 radical (unpaired) electrons. The number of carbonyl (C=O) groups is 1. The molecule has 1 fully saturated rings. The minimum absolute atomic E-state index is 0.166. The molecule has 1 heterocycles. The van der Waals surface area contributed by atoms with Crippen LogP contribution in [0.25, 0.3) is 0 Å². The largest absolute Gasteiger partial charge is 0.316 e. The number of rotatable bonds is 3. The smallest absolute Gasteiger partial charge is 0.144 e. The summed E-state index contributed by atoms with van der Waals surface area (Å²) in [4.78, 5) is 12.4. The van der Waals surface area contributed by atoms with Gasteiger partial charge in [-0.1, -0.05) is 31.2 Å². The molecule has 0 spiro atoms. The molecule has 0 aromatic heterocycles. The third kappa shape index (κ3) is 2.75. The molecule has 2 heteroatoms. The molecule has 1 aromatic rings. The van der Waals surface area contributed by atoms with Gasteiger partial charge in [-0.3, -0.25) is 4.79 Å². The van der Waals surface area contributed by atoms with E-state index in [0.717, 1.165) is 25.9 Å². The summed E-state index contributed by atoms with van der Waals surface area (Å²) in [5.74, 6) is 0.374. The molecule has 1 N–H and O–H groups in total. The Bertz CT molecular complexity index is 405. The van der Waals surface area contributed by atoms with E-state index in [2.05, 4.69) is 31.3 Å². The summed E-state index contributed by atoms with van der Waals surface area (Å²) < 4.78 is 0. The van der Waals surface area contributed by atoms with E-state index in [-0.39, 0.29) is 5.41 Å². The quantitative estimate of drug-likeness (QED) is 0.866. The van der Waals surface area contributed by atoms with Crippen molar-refractivity contribution >= 4 is 5.78 Å². The number of nitrogens with one attached hydrogen (secondary N) is 1. The fraction of sp³-hybridized carbons (Fsp3) is 0.533. The van der Waals surface area contributed by atoms with Crippen molar-refractivity contribution in [2.24, 2.45) is 5.41 Å². The Kier molecular flexibility index (Phi) is 3.63. The number of piperidine rings is 1. The van der Waals surface area contributed by atoms with Crippen molar-refractivity contribution < 1.29 is 4.79 Å². The van der Waals surface area contributed by atoms with Crippen LogP contribution in [0.1, 0.15) is 30.9 Å². The molecule has 0 bridgehead atoms. The third-order valence-electron chi connectivity index (χ3n) is 3.88. The molecule has 2 nitrogen and oxygen atoms in total. The zero-order valence-electron chi connectivity index (χ0n) is 10.8. The Morgan fingerprint density at radius 3 is 2.82 bits per heavy atom. The van der Waals surface area contributed by atoms with Gasteiger partial charge in [-0.15, -0.1) is 0 Å². The first-order chi connectivity index (χ1) is 8.12. The summed E-state index contributed by atoms with van der Waals surface area (Å²) in [6, 6.07) is 8.17. The molecule has 1 aliphatic rings. The second-order valence-electron chi connectivity index (χ2n) is 5.37. The van der Waals surface area contributed by atoms with Gasteiger partial charge in [0.15, 0.2) is 0 Å². The molecule has 1 saturated heterocycles. The number of aryl methyl sites for hydroxylation is 1. The van der Waals surface area contributed by atoms with E-state index >= 15 is 0 Å². The highest BCUT2D eigenvalue weighted by atomic mass is 16.1. The molecule has 1 aliphatic heterocycles. The van der Waals surface area contributed by atoms with E-state index in [1.807, 2.05) is 12.1 Å². The summed E-state index contributed by atoms with van der Waals surface area (Å²) >= 11 is 0. The SMILES string of the molecule is Cc1ccccc1CC(=O)C1(C)CCCNC1. The number of hydrogen-bond donors (Lipinski definition) is 1. The molecule has 92 valence electrons. The molecule has 17 heavy (non-hydrogen) atoms. The van der Waals surface area contributed by atoms with Crippen LogP contribution in [0, 0.1) is 12.3 Å². The second-order valence-corrected chi connectivity index (χ2v) is 5.37. The lowest BCUT2D eigenvalue weighted by atomic mass is 9.76. The monoisotopic (exact) mass is 231 g/mol. The highest BCUT2D eigenvalue weighted by Crippen LogP contribution is 2.28. The van der Waals surface area contributed by atoms with Crippen LogP contribution < -0.4 is 5.32 Å². The van der Waals surface area contributed by atoms with Crippen LogP contribution in [0.5, 0.6) is 0 Å². The minimum atomic E-state index is -0.166. The van der Waals surface area contributed by atoms with Crippen LogP contribution >= 0.6 is 0 Å². The normalized spacial score (nSPS) is 24.6. The van der Waals surface area contributed by atoms with Crippen LogP contribution in [-0.4, -0.2) is 18.9 Å². The second kappa shape index (κ2) is 5.01. The van der Waals surface area contributed by atoms with Crippen molar-refractivity contribution in [3.8, 4) is 0 Å². The molecule has 1 atom stereocenters. The molecule has 0 aliphatic carbocycles. The van der Waals surface area contributed by atoms with E-state index in [9.17, 15) is 4.79 Å². The number of hydrogen-bond acceptors (Lipinski definition) is 2. The average molecular weight is 231 g/mol. The van der Waals surface area contributed by atoms with E-state index in [1.54, 1.807) is 0 Å². The minimum Gasteiger partial charge on any atom is -0.316 e. The number of ketones is 1. The number of benzene rings is 1. The van der Waals surface area contributed by atoms with E-state index < -0.39 is 0 Å². The van der Waals surface area contributed by atoms with E-state index in [1.165, 1.54) is 11.1 Å². The van der Waals surface area contributed by atoms with Crippen molar-refractivity contribution in [1.82, 2.24) is 5.32 Å². The van der Waals surface area contributed by atoms with Gasteiger partial charge in [0.1, 0.15) is 5.78 Å². The first kappa shape index (κ1) is 12.3. The van der Waals surface area contributed by atoms with Gasteiger partial charge in [0.25, 0.3) is 0 Å². The van der Waals surface area contributed by atoms with Crippen molar-refractivity contribution in [2.75, 3.05) is 13.1 Å². The Morgan fingerprint density at radius 1 is 1.41 bits per heavy atom. The zero-order chi connectivity index (χ0) is 12.3. The topological polar surface area (TPSA) is 29.1 Å². The van der Waals surface area contributed by atoms with Crippen LogP contribution in [0.2, 0.25) is 0 Å². The summed E-state index contributed by atoms with van der Waals surface area (Å²) in [5.41, 5.74) is 2.22. The third-order valence-corrected chi connectivity index (χ3v) is 3.88. The van der Waals surface area contributed by atoms with Gasteiger partial charge >= 0.3 is 0 Å². The molecule has 0 saturated carbocycles. The summed E-state index contributed by atoms with van der Waals surface area (Å²) in [5, 5.41) is 3.34. The first-order valence-corrected chi connectivity index (χ1v) is 6.40. The van der Waals surface area contributed by atoms with Gasteiger partial charge in [0.05, 0.1) is 0 Å². The van der Waals surface area contributed by atoms with Crippen molar-refractivity contribution in [1.29, 1.82) is 0 Å². The Morgan fingerprint density at radius 2 is 2.18 bits per heavy atom. The first-order valence-electron chi connectivity index (χ1n) is 6.40. The highest BCUT2D eigenvalue weighted by Gasteiger charge is 2.34. The zero-order valence-corrected chi connectivity index (χ0v) is 10.8. The Hall–Kier alpha value is -1.15. The van der Waals surface area contributed by atoms with Crippen LogP contribution in [0.3, 0.4) is 0 Å². The van der Waals surface area contributed by atoms with Crippen molar-refractivity contribution in [3.05, 3.63) is 35.4 Å². The maximum atomic E-state index is 12.4. The van der Waals surface area contributed by atoms with Gasteiger partial charge in [0.2, 0.25) is 0 Å². The molecular weight excluding hydrogens is 210 g/mol. The van der Waals surface area contributed by atoms with Crippen molar-refractivity contribution in [2.45, 2.75) is 33.1 Å². The lowest BCUT2D eigenvalue weighted by Gasteiger charge is -2.32. The van der Waals surface area contributed by atoms with Crippen molar-refractivity contribution in [3.63, 3.8) is 0 Å². The Balaban J connectivity index is 2.08. The highest BCUT2D eigenvalue weighted by molar-refractivity contribution is 5.87. The van der Waals surface area contributed by atoms with Gasteiger partial charge in [-0.2, -0.15) is 0 Å². The van der Waals surface area contributed by atoms with Crippen LogP contribution in [0.4, 0.5) is 0 Å². The maximum Gasteiger partial charge on any atom is 0.144 e. The number of Topliss-reactive ketones (excluding diaryl/α,β-unsaturated/α-hetero) is 1. The lowest BCUT2D eigenvalue weighted by molar-refractivity contribution is -0.128. The Labute approximate surface area is 103 Å². The van der Waals surface area contributed by atoms with E-state index in [4.69, 9.17) is 0 Å².